The van der Waals surface area contributed by atoms with Gasteiger partial charge >= 0.3 is 5.97 Å². The molecule has 0 amide bonds. The number of hydrazine groups is 1. The third kappa shape index (κ3) is 5.60. The van der Waals surface area contributed by atoms with E-state index in [1.54, 1.807) is 17.1 Å². The maximum absolute atomic E-state index is 12.3. The van der Waals surface area contributed by atoms with Crippen LogP contribution in [-0.4, -0.2) is 29.4 Å². The van der Waals surface area contributed by atoms with Gasteiger partial charge in [0.15, 0.2) is 0 Å². The largest absolute Gasteiger partial charge is 0.456 e. The molecule has 31 heavy (non-hydrogen) atoms. The molecule has 2 fully saturated rings. The highest BCUT2D eigenvalue weighted by Crippen LogP contribution is 2.46. The first-order valence-electron chi connectivity index (χ1n) is 11.6. The van der Waals surface area contributed by atoms with Crippen LogP contribution in [0.25, 0.3) is 0 Å². The fraction of sp³-hybridized carbons (Fsp3) is 0.667. The van der Waals surface area contributed by atoms with Gasteiger partial charge in [0.1, 0.15) is 22.8 Å². The Hall–Kier alpha value is -1.63. The molecule has 7 heteroatoms. The van der Waals surface area contributed by atoms with E-state index in [1.165, 1.54) is 38.5 Å². The smallest absolute Gasteiger partial charge is 0.341 e. The predicted octanol–water partition coefficient (Wildman–Crippen LogP) is 5.48. The molecule has 1 unspecified atom stereocenters. The topological polar surface area (TPSA) is 63.7 Å². The second kappa shape index (κ2) is 9.47. The van der Waals surface area contributed by atoms with E-state index in [0.29, 0.717) is 5.82 Å². The lowest BCUT2D eigenvalue weighted by Crippen LogP contribution is -2.38. The number of carbonyl (C=O) groups excluding carboxylic acids is 1. The van der Waals surface area contributed by atoms with Crippen molar-refractivity contribution in [1.29, 1.82) is 0 Å². The maximum atomic E-state index is 12.3. The number of carbonyl (C=O) groups is 1. The number of nitrogens with one attached hydrogen (secondary N) is 1. The highest BCUT2D eigenvalue weighted by Gasteiger charge is 2.35. The zero-order valence-electron chi connectivity index (χ0n) is 18.8. The molecular formula is C24H34ClN3O3. The fourth-order valence-corrected chi connectivity index (χ4v) is 4.82. The Balaban J connectivity index is 1.27. The standard InChI is InChI=1S/C24H34ClN3O3/c1-24(2,3)31-23(29)19-10-11-20(26-22(19)25)28-14-12-21(27-28)30-15-13-18(16-6-4-7-16)17-8-5-9-17/h10-12,14,16-18,21,27H,4-9,13,15H2,1-3H3. The Morgan fingerprint density at radius 1 is 1.23 bits per heavy atom. The van der Waals surface area contributed by atoms with Gasteiger partial charge in [-0.25, -0.2) is 9.78 Å². The van der Waals surface area contributed by atoms with Gasteiger partial charge in [-0.15, -0.1) is 0 Å². The van der Waals surface area contributed by atoms with Crippen molar-refractivity contribution in [2.45, 2.75) is 77.5 Å². The van der Waals surface area contributed by atoms with Crippen molar-refractivity contribution in [3.05, 3.63) is 35.1 Å². The lowest BCUT2D eigenvalue weighted by atomic mass is 9.63. The Bertz CT molecular complexity index is 801. The molecular weight excluding hydrogens is 414 g/mol. The summed E-state index contributed by atoms with van der Waals surface area (Å²) in [6.07, 6.45) is 13.2. The lowest BCUT2D eigenvalue weighted by Gasteiger charge is -2.42. The Morgan fingerprint density at radius 3 is 2.45 bits per heavy atom. The van der Waals surface area contributed by atoms with E-state index >= 15 is 0 Å². The third-order valence-corrected chi connectivity index (χ3v) is 6.92. The van der Waals surface area contributed by atoms with Crippen LogP contribution in [0.5, 0.6) is 0 Å². The van der Waals surface area contributed by atoms with E-state index in [0.717, 1.165) is 30.8 Å². The highest BCUT2D eigenvalue weighted by atomic mass is 35.5. The van der Waals surface area contributed by atoms with Crippen LogP contribution in [-0.2, 0) is 9.47 Å². The zero-order valence-corrected chi connectivity index (χ0v) is 19.5. The molecule has 1 aliphatic heterocycles. The molecule has 2 saturated carbocycles. The van der Waals surface area contributed by atoms with E-state index in [4.69, 9.17) is 21.1 Å². The first-order chi connectivity index (χ1) is 14.8. The summed E-state index contributed by atoms with van der Waals surface area (Å²) in [7, 11) is 0. The van der Waals surface area contributed by atoms with Gasteiger partial charge in [-0.3, -0.25) is 5.01 Å². The van der Waals surface area contributed by atoms with Crippen LogP contribution in [0.15, 0.2) is 24.4 Å². The average molecular weight is 448 g/mol. The van der Waals surface area contributed by atoms with Crippen molar-refractivity contribution < 1.29 is 14.3 Å². The summed E-state index contributed by atoms with van der Waals surface area (Å²) in [6.45, 7) is 6.22. The van der Waals surface area contributed by atoms with Crippen LogP contribution in [0, 0.1) is 17.8 Å². The lowest BCUT2D eigenvalue weighted by molar-refractivity contribution is 0.00691. The summed E-state index contributed by atoms with van der Waals surface area (Å²) in [5, 5.41) is 1.89. The quantitative estimate of drug-likeness (QED) is 0.420. The van der Waals surface area contributed by atoms with Crippen molar-refractivity contribution in [1.82, 2.24) is 10.4 Å². The number of ether oxygens (including phenoxy) is 2. The normalized spacial score (nSPS) is 22.0. The van der Waals surface area contributed by atoms with Gasteiger partial charge in [-0.2, -0.15) is 5.43 Å². The van der Waals surface area contributed by atoms with Crippen molar-refractivity contribution in [2.24, 2.45) is 17.8 Å². The predicted molar refractivity (Wildman–Crippen MR) is 122 cm³/mol. The van der Waals surface area contributed by atoms with E-state index in [2.05, 4.69) is 10.4 Å². The van der Waals surface area contributed by atoms with Gasteiger partial charge in [0, 0.05) is 12.8 Å². The molecule has 2 heterocycles. The SMILES string of the molecule is CC(C)(C)OC(=O)c1ccc(N2C=CC(OCCC(C3CCC3)C3CCC3)N2)nc1Cl. The average Bonchev–Trinajstić information content (AvgIpc) is 3.06. The van der Waals surface area contributed by atoms with Gasteiger partial charge in [0.25, 0.3) is 0 Å². The van der Waals surface area contributed by atoms with Crippen LogP contribution in [0.1, 0.15) is 76.1 Å². The molecule has 0 bridgehead atoms. The van der Waals surface area contributed by atoms with Crippen LogP contribution in [0.4, 0.5) is 5.82 Å². The highest BCUT2D eigenvalue weighted by molar-refractivity contribution is 6.32. The van der Waals surface area contributed by atoms with Gasteiger partial charge in [-0.1, -0.05) is 50.1 Å². The molecule has 170 valence electrons. The van der Waals surface area contributed by atoms with Gasteiger partial charge in [-0.05, 0) is 63.2 Å². The molecule has 1 atom stereocenters. The molecule has 0 aromatic carbocycles. The molecule has 3 aliphatic rings. The van der Waals surface area contributed by atoms with Crippen molar-refractivity contribution >= 4 is 23.4 Å². The first-order valence-corrected chi connectivity index (χ1v) is 11.9. The van der Waals surface area contributed by atoms with E-state index in [1.807, 2.05) is 33.0 Å². The second-order valence-electron chi connectivity index (χ2n) is 9.98. The number of rotatable bonds is 8. The Labute approximate surface area is 190 Å². The van der Waals surface area contributed by atoms with E-state index in [9.17, 15) is 4.79 Å². The van der Waals surface area contributed by atoms with Crippen LogP contribution < -0.4 is 10.4 Å². The minimum atomic E-state index is -0.584. The molecule has 1 aromatic heterocycles. The van der Waals surface area contributed by atoms with Crippen LogP contribution in [0.2, 0.25) is 5.15 Å². The number of aromatic nitrogens is 1. The maximum Gasteiger partial charge on any atom is 0.341 e. The molecule has 1 N–H and O–H groups in total. The van der Waals surface area contributed by atoms with Crippen molar-refractivity contribution in [2.75, 3.05) is 11.6 Å². The Morgan fingerprint density at radius 2 is 1.90 bits per heavy atom. The van der Waals surface area contributed by atoms with E-state index in [-0.39, 0.29) is 16.9 Å². The minimum Gasteiger partial charge on any atom is -0.456 e. The number of esters is 1. The number of halogens is 1. The summed E-state index contributed by atoms with van der Waals surface area (Å²) in [5.74, 6) is 2.81. The van der Waals surface area contributed by atoms with Crippen LogP contribution >= 0.6 is 11.6 Å². The summed E-state index contributed by atoms with van der Waals surface area (Å²) >= 11 is 6.26. The monoisotopic (exact) mass is 447 g/mol. The molecule has 0 saturated heterocycles. The summed E-state index contributed by atoms with van der Waals surface area (Å²) < 4.78 is 11.5. The molecule has 6 nitrogen and oxygen atoms in total. The molecule has 2 aliphatic carbocycles. The third-order valence-electron chi connectivity index (χ3n) is 6.64. The fourth-order valence-electron chi connectivity index (χ4n) is 4.59. The van der Waals surface area contributed by atoms with Crippen molar-refractivity contribution in [3.63, 3.8) is 0 Å². The van der Waals surface area contributed by atoms with E-state index < -0.39 is 11.6 Å². The molecule has 0 spiro atoms. The van der Waals surface area contributed by atoms with Crippen LogP contribution in [0.3, 0.4) is 0 Å². The van der Waals surface area contributed by atoms with Gasteiger partial charge in [0.05, 0.1) is 5.56 Å². The number of anilines is 1. The number of hydrogen-bond donors (Lipinski definition) is 1. The molecule has 4 rings (SSSR count). The summed E-state index contributed by atoms with van der Waals surface area (Å²) in [6, 6.07) is 3.39. The molecule has 1 aromatic rings. The number of hydrogen-bond acceptors (Lipinski definition) is 6. The van der Waals surface area contributed by atoms with Gasteiger partial charge < -0.3 is 9.47 Å². The first kappa shape index (κ1) is 22.6. The summed E-state index contributed by atoms with van der Waals surface area (Å²) in [5.41, 5.74) is 2.95. The minimum absolute atomic E-state index is 0.121. The second-order valence-corrected chi connectivity index (χ2v) is 10.3. The van der Waals surface area contributed by atoms with Gasteiger partial charge in [0.2, 0.25) is 0 Å². The molecule has 0 radical (unpaired) electrons. The number of nitrogens with zero attached hydrogens (tertiary/aromatic N) is 2. The summed E-state index contributed by atoms with van der Waals surface area (Å²) in [4.78, 5) is 16.6. The Kier molecular flexibility index (Phi) is 6.89. The number of pyridine rings is 1. The zero-order chi connectivity index (χ0) is 22.0. The van der Waals surface area contributed by atoms with Crippen molar-refractivity contribution in [3.8, 4) is 0 Å².